The van der Waals surface area contributed by atoms with Crippen molar-refractivity contribution in [3.8, 4) is 0 Å². The van der Waals surface area contributed by atoms with Gasteiger partial charge in [0.2, 0.25) is 0 Å². The van der Waals surface area contributed by atoms with Crippen molar-refractivity contribution in [2.75, 3.05) is 19.7 Å². The number of hydrogen-bond acceptors (Lipinski definition) is 4. The molecule has 1 N–H and O–H groups in total. The molecular weight excluding hydrogens is 305 g/mol. The van der Waals surface area contributed by atoms with Crippen molar-refractivity contribution < 1.29 is 4.74 Å². The second-order valence-corrected chi connectivity index (χ2v) is 4.98. The lowest BCUT2D eigenvalue weighted by Crippen LogP contribution is -2.46. The van der Waals surface area contributed by atoms with Crippen LogP contribution in [0, 0.1) is 10.6 Å². The summed E-state index contributed by atoms with van der Waals surface area (Å²) in [5, 5.41) is 3.32. The minimum atomic E-state index is -0.314. The molecule has 0 bridgehead atoms. The molecule has 1 atom stereocenters. The minimum Gasteiger partial charge on any atom is -0.366 e. The molecule has 1 aromatic heterocycles. The Kier molecular flexibility index (Phi) is 3.22. The zero-order chi connectivity index (χ0) is 10.9. The Hall–Kier alpha value is -0.270. The molecule has 0 aromatic carbocycles. The van der Waals surface area contributed by atoms with Gasteiger partial charge in [-0.2, -0.15) is 0 Å². The fraction of sp³-hybridized carbons (Fsp3) is 0.600. The summed E-state index contributed by atoms with van der Waals surface area (Å²) in [7, 11) is 0. The van der Waals surface area contributed by atoms with Crippen LogP contribution in [0.3, 0.4) is 0 Å². The first-order chi connectivity index (χ1) is 7.10. The molecule has 1 aromatic rings. The summed E-state index contributed by atoms with van der Waals surface area (Å²) in [4.78, 5) is 8.71. The molecule has 5 heteroatoms. The second kappa shape index (κ2) is 4.31. The predicted octanol–water partition coefficient (Wildman–Crippen LogP) is 1.22. The maximum atomic E-state index is 5.81. The Balaban J connectivity index is 2.34. The number of nitrogens with zero attached hydrogens (tertiary/aromatic N) is 2. The molecule has 2 rings (SSSR count). The molecule has 15 heavy (non-hydrogen) atoms. The van der Waals surface area contributed by atoms with Gasteiger partial charge in [-0.1, -0.05) is 0 Å². The zero-order valence-electron chi connectivity index (χ0n) is 8.88. The number of rotatable bonds is 1. The van der Waals surface area contributed by atoms with Crippen molar-refractivity contribution in [1.29, 1.82) is 0 Å². The van der Waals surface area contributed by atoms with Gasteiger partial charge in [-0.3, -0.25) is 0 Å². The van der Waals surface area contributed by atoms with Gasteiger partial charge in [-0.05, 0) is 42.5 Å². The highest BCUT2D eigenvalue weighted by Crippen LogP contribution is 2.25. The molecule has 1 unspecified atom stereocenters. The van der Waals surface area contributed by atoms with Gasteiger partial charge < -0.3 is 10.1 Å². The number of ether oxygens (including phenoxy) is 1. The van der Waals surface area contributed by atoms with Crippen LogP contribution in [-0.2, 0) is 10.3 Å². The van der Waals surface area contributed by atoms with E-state index in [4.69, 9.17) is 4.74 Å². The van der Waals surface area contributed by atoms with Crippen LogP contribution in [0.2, 0.25) is 0 Å². The lowest BCUT2D eigenvalue weighted by molar-refractivity contribution is -0.0603. The highest BCUT2D eigenvalue weighted by molar-refractivity contribution is 14.1. The lowest BCUT2D eigenvalue weighted by atomic mass is 10.0. The topological polar surface area (TPSA) is 47.0 Å². The van der Waals surface area contributed by atoms with Gasteiger partial charge in [0.25, 0.3) is 0 Å². The first kappa shape index (κ1) is 11.2. The molecule has 1 fully saturated rings. The Bertz CT molecular complexity index is 343. The fourth-order valence-electron chi connectivity index (χ4n) is 1.69. The third-order valence-electron chi connectivity index (χ3n) is 2.51. The van der Waals surface area contributed by atoms with E-state index in [1.54, 1.807) is 0 Å². The molecule has 0 radical (unpaired) electrons. The van der Waals surface area contributed by atoms with E-state index in [1.165, 1.54) is 0 Å². The van der Waals surface area contributed by atoms with E-state index in [-0.39, 0.29) is 5.60 Å². The summed E-state index contributed by atoms with van der Waals surface area (Å²) in [6.07, 6.45) is 0. The highest BCUT2D eigenvalue weighted by Gasteiger charge is 2.31. The molecular formula is C10H14IN3O. The van der Waals surface area contributed by atoms with Crippen LogP contribution in [0.4, 0.5) is 0 Å². The Morgan fingerprint density at radius 1 is 1.53 bits per heavy atom. The van der Waals surface area contributed by atoms with Gasteiger partial charge in [0.05, 0.1) is 12.3 Å². The number of halogens is 1. The summed E-state index contributed by atoms with van der Waals surface area (Å²) in [6.45, 7) is 6.43. The molecule has 1 saturated heterocycles. The van der Waals surface area contributed by atoms with Crippen LogP contribution in [0.15, 0.2) is 6.07 Å². The van der Waals surface area contributed by atoms with Crippen LogP contribution in [0.5, 0.6) is 0 Å². The molecule has 1 aliphatic rings. The smallest absolute Gasteiger partial charge is 0.126 e. The third kappa shape index (κ3) is 2.46. The van der Waals surface area contributed by atoms with Gasteiger partial charge in [0, 0.05) is 13.1 Å². The van der Waals surface area contributed by atoms with Gasteiger partial charge in [0.15, 0.2) is 0 Å². The second-order valence-electron chi connectivity index (χ2n) is 3.88. The Labute approximate surface area is 103 Å². The van der Waals surface area contributed by atoms with E-state index in [0.29, 0.717) is 0 Å². The average Bonchev–Trinajstić information content (AvgIpc) is 2.17. The Morgan fingerprint density at radius 2 is 2.33 bits per heavy atom. The normalized spacial score (nSPS) is 26.6. The van der Waals surface area contributed by atoms with Crippen molar-refractivity contribution in [3.05, 3.63) is 21.3 Å². The van der Waals surface area contributed by atoms with E-state index in [0.717, 1.165) is 34.9 Å². The summed E-state index contributed by atoms with van der Waals surface area (Å²) in [5.74, 6) is 0.798. The number of aryl methyl sites for hydroxylation is 1. The zero-order valence-corrected chi connectivity index (χ0v) is 11.0. The summed E-state index contributed by atoms with van der Waals surface area (Å²) >= 11 is 2.21. The minimum absolute atomic E-state index is 0.314. The molecule has 2 heterocycles. The van der Waals surface area contributed by atoms with Crippen LogP contribution < -0.4 is 5.32 Å². The number of nitrogens with one attached hydrogen (secondary N) is 1. The van der Waals surface area contributed by atoms with Crippen molar-refractivity contribution in [1.82, 2.24) is 15.3 Å². The molecule has 0 spiro atoms. The van der Waals surface area contributed by atoms with Crippen molar-refractivity contribution >= 4 is 22.6 Å². The first-order valence-electron chi connectivity index (χ1n) is 4.96. The predicted molar refractivity (Wildman–Crippen MR) is 65.7 cm³/mol. The standard InChI is InChI=1S/C10H14IN3O/c1-7-13-8(5-9(11)14-7)10(2)6-12-3-4-15-10/h5,12H,3-4,6H2,1-2H3. The van der Waals surface area contributed by atoms with E-state index >= 15 is 0 Å². The molecule has 4 nitrogen and oxygen atoms in total. The lowest BCUT2D eigenvalue weighted by Gasteiger charge is -2.33. The van der Waals surface area contributed by atoms with Crippen molar-refractivity contribution in [2.45, 2.75) is 19.4 Å². The van der Waals surface area contributed by atoms with Gasteiger partial charge in [-0.25, -0.2) is 9.97 Å². The van der Waals surface area contributed by atoms with Crippen LogP contribution in [0.1, 0.15) is 18.4 Å². The van der Waals surface area contributed by atoms with Gasteiger partial charge in [-0.15, -0.1) is 0 Å². The van der Waals surface area contributed by atoms with Gasteiger partial charge >= 0.3 is 0 Å². The van der Waals surface area contributed by atoms with E-state index < -0.39 is 0 Å². The van der Waals surface area contributed by atoms with Crippen molar-refractivity contribution in [2.24, 2.45) is 0 Å². The summed E-state index contributed by atoms with van der Waals surface area (Å²) in [6, 6.07) is 1.99. The van der Waals surface area contributed by atoms with E-state index in [9.17, 15) is 0 Å². The number of morpholine rings is 1. The van der Waals surface area contributed by atoms with Crippen LogP contribution in [0.25, 0.3) is 0 Å². The quantitative estimate of drug-likeness (QED) is 0.625. The average molecular weight is 319 g/mol. The molecule has 1 aliphatic heterocycles. The molecule has 0 saturated carbocycles. The number of aromatic nitrogens is 2. The van der Waals surface area contributed by atoms with Crippen LogP contribution >= 0.6 is 22.6 Å². The van der Waals surface area contributed by atoms with E-state index in [2.05, 4.69) is 44.8 Å². The maximum absolute atomic E-state index is 5.81. The van der Waals surface area contributed by atoms with Crippen LogP contribution in [-0.4, -0.2) is 29.7 Å². The highest BCUT2D eigenvalue weighted by atomic mass is 127. The Morgan fingerprint density at radius 3 is 2.93 bits per heavy atom. The maximum Gasteiger partial charge on any atom is 0.126 e. The third-order valence-corrected chi connectivity index (χ3v) is 3.06. The number of hydrogen-bond donors (Lipinski definition) is 1. The SMILES string of the molecule is Cc1nc(I)cc(C2(C)CNCCO2)n1. The largest absolute Gasteiger partial charge is 0.366 e. The fourth-order valence-corrected chi connectivity index (χ4v) is 2.34. The summed E-state index contributed by atoms with van der Waals surface area (Å²) < 4.78 is 6.77. The molecule has 0 aliphatic carbocycles. The first-order valence-corrected chi connectivity index (χ1v) is 6.04. The summed E-state index contributed by atoms with van der Waals surface area (Å²) in [5.41, 5.74) is 0.651. The molecule has 82 valence electrons. The van der Waals surface area contributed by atoms with Crippen molar-refractivity contribution in [3.63, 3.8) is 0 Å². The molecule has 0 amide bonds. The van der Waals surface area contributed by atoms with E-state index in [1.807, 2.05) is 13.0 Å². The van der Waals surface area contributed by atoms with Gasteiger partial charge in [0.1, 0.15) is 15.1 Å². The monoisotopic (exact) mass is 319 g/mol.